The number of nitrogens with one attached hydrogen (secondary N) is 1. The fraction of sp³-hybridized carbons (Fsp3) is 0.115. The van der Waals surface area contributed by atoms with Crippen LogP contribution in [0.3, 0.4) is 0 Å². The molecule has 0 spiro atoms. The van der Waals surface area contributed by atoms with Gasteiger partial charge in [-0.3, -0.25) is 14.9 Å². The van der Waals surface area contributed by atoms with Crippen LogP contribution < -0.4 is 15.0 Å². The summed E-state index contributed by atoms with van der Waals surface area (Å²) < 4.78 is 6.77. The van der Waals surface area contributed by atoms with E-state index in [1.54, 1.807) is 43.3 Å². The number of urea groups is 1. The standard InChI is InChI=1S/C26H20BrClN2O4/c1-15-3-5-17(6-4-15)14-34-23-10-8-20(28)12-18(23)13-21-24(31)29-26(33)30(25(21)32)22-9-7-19(27)11-16(22)2/h3-13H,14H2,1-2H3,(H,29,31,33)/b21-13-. The molecular formula is C26H20BrClN2O4. The quantitative estimate of drug-likeness (QED) is 0.320. The molecule has 1 fully saturated rings. The van der Waals surface area contributed by atoms with Gasteiger partial charge in [0.05, 0.1) is 5.69 Å². The van der Waals surface area contributed by atoms with Crippen LogP contribution in [0.15, 0.2) is 70.7 Å². The van der Waals surface area contributed by atoms with Gasteiger partial charge in [0, 0.05) is 15.1 Å². The summed E-state index contributed by atoms with van der Waals surface area (Å²) in [5.41, 5.74) is 3.42. The first-order valence-corrected chi connectivity index (χ1v) is 11.6. The summed E-state index contributed by atoms with van der Waals surface area (Å²) in [6, 6.07) is 17.2. The van der Waals surface area contributed by atoms with Gasteiger partial charge in [0.2, 0.25) is 0 Å². The van der Waals surface area contributed by atoms with E-state index in [-0.39, 0.29) is 5.57 Å². The van der Waals surface area contributed by atoms with Gasteiger partial charge in [0.1, 0.15) is 17.9 Å². The molecule has 0 radical (unpaired) electrons. The molecule has 1 N–H and O–H groups in total. The van der Waals surface area contributed by atoms with E-state index in [4.69, 9.17) is 16.3 Å². The first-order valence-electron chi connectivity index (χ1n) is 10.4. The molecule has 0 aliphatic carbocycles. The van der Waals surface area contributed by atoms with Gasteiger partial charge in [-0.1, -0.05) is 57.4 Å². The van der Waals surface area contributed by atoms with E-state index >= 15 is 0 Å². The van der Waals surface area contributed by atoms with E-state index in [0.717, 1.165) is 20.5 Å². The molecule has 34 heavy (non-hydrogen) atoms. The summed E-state index contributed by atoms with van der Waals surface area (Å²) in [7, 11) is 0. The van der Waals surface area contributed by atoms with E-state index in [2.05, 4.69) is 21.2 Å². The Bertz CT molecular complexity index is 1340. The van der Waals surface area contributed by atoms with E-state index in [1.807, 2.05) is 31.2 Å². The summed E-state index contributed by atoms with van der Waals surface area (Å²) in [6.45, 7) is 4.07. The van der Waals surface area contributed by atoms with Gasteiger partial charge in [0.15, 0.2) is 0 Å². The van der Waals surface area contributed by atoms with Crippen LogP contribution in [-0.4, -0.2) is 17.8 Å². The maximum absolute atomic E-state index is 13.3. The van der Waals surface area contributed by atoms with Crippen molar-refractivity contribution in [1.82, 2.24) is 5.32 Å². The van der Waals surface area contributed by atoms with Gasteiger partial charge in [-0.15, -0.1) is 0 Å². The molecule has 0 saturated carbocycles. The molecular weight excluding hydrogens is 520 g/mol. The van der Waals surface area contributed by atoms with E-state index in [0.29, 0.717) is 34.2 Å². The number of benzene rings is 3. The molecule has 0 unspecified atom stereocenters. The fourth-order valence-electron chi connectivity index (χ4n) is 3.51. The predicted octanol–water partition coefficient (Wildman–Crippen LogP) is 5.96. The average molecular weight is 540 g/mol. The summed E-state index contributed by atoms with van der Waals surface area (Å²) in [5, 5.41) is 2.65. The molecule has 8 heteroatoms. The zero-order chi connectivity index (χ0) is 24.4. The summed E-state index contributed by atoms with van der Waals surface area (Å²) in [5.74, 6) is -1.07. The van der Waals surface area contributed by atoms with E-state index in [9.17, 15) is 14.4 Å². The Kier molecular flexibility index (Phi) is 6.86. The van der Waals surface area contributed by atoms with Crippen molar-refractivity contribution in [2.75, 3.05) is 4.90 Å². The average Bonchev–Trinajstić information content (AvgIpc) is 2.78. The van der Waals surface area contributed by atoms with E-state index < -0.39 is 17.8 Å². The lowest BCUT2D eigenvalue weighted by atomic mass is 10.0. The van der Waals surface area contributed by atoms with Crippen LogP contribution >= 0.6 is 27.5 Å². The third-order valence-electron chi connectivity index (χ3n) is 5.29. The van der Waals surface area contributed by atoms with Crippen molar-refractivity contribution in [2.24, 2.45) is 0 Å². The highest BCUT2D eigenvalue weighted by Gasteiger charge is 2.37. The number of hydrogen-bond acceptors (Lipinski definition) is 4. The van der Waals surface area contributed by atoms with Crippen molar-refractivity contribution in [3.63, 3.8) is 0 Å². The van der Waals surface area contributed by atoms with Crippen molar-refractivity contribution >= 4 is 57.1 Å². The molecule has 4 rings (SSSR count). The van der Waals surface area contributed by atoms with Crippen LogP contribution in [0.2, 0.25) is 5.02 Å². The number of carbonyl (C=O) groups is 3. The Balaban J connectivity index is 1.68. The maximum Gasteiger partial charge on any atom is 0.335 e. The van der Waals surface area contributed by atoms with Crippen LogP contribution in [0.4, 0.5) is 10.5 Å². The highest BCUT2D eigenvalue weighted by atomic mass is 79.9. The highest BCUT2D eigenvalue weighted by molar-refractivity contribution is 9.10. The Hall–Kier alpha value is -3.42. The predicted molar refractivity (Wildman–Crippen MR) is 135 cm³/mol. The molecule has 4 amide bonds. The molecule has 6 nitrogen and oxygen atoms in total. The number of rotatable bonds is 5. The van der Waals surface area contributed by atoms with Gasteiger partial charge >= 0.3 is 6.03 Å². The van der Waals surface area contributed by atoms with Gasteiger partial charge in [0.25, 0.3) is 11.8 Å². The number of barbiturate groups is 1. The number of hydrogen-bond donors (Lipinski definition) is 1. The fourth-order valence-corrected chi connectivity index (χ4v) is 4.17. The van der Waals surface area contributed by atoms with Crippen molar-refractivity contribution in [3.05, 3.63) is 98.0 Å². The number of ether oxygens (including phenoxy) is 1. The highest BCUT2D eigenvalue weighted by Crippen LogP contribution is 2.30. The normalized spacial score (nSPS) is 15.0. The largest absolute Gasteiger partial charge is 0.488 e. The van der Waals surface area contributed by atoms with Gasteiger partial charge in [-0.25, -0.2) is 9.69 Å². The lowest BCUT2D eigenvalue weighted by Gasteiger charge is -2.27. The maximum atomic E-state index is 13.3. The first kappa shape index (κ1) is 23.7. The molecule has 0 bridgehead atoms. The molecule has 0 aromatic heterocycles. The second-order valence-corrected chi connectivity index (χ2v) is 9.20. The molecule has 0 atom stereocenters. The topological polar surface area (TPSA) is 75.7 Å². The monoisotopic (exact) mass is 538 g/mol. The van der Waals surface area contributed by atoms with Crippen LogP contribution in [0.5, 0.6) is 5.75 Å². The third kappa shape index (κ3) is 5.05. The SMILES string of the molecule is Cc1ccc(COc2ccc(Cl)cc2/C=C2/C(=O)NC(=O)N(c3ccc(Br)cc3C)C2=O)cc1. The number of anilines is 1. The molecule has 1 aliphatic rings. The minimum Gasteiger partial charge on any atom is -0.488 e. The van der Waals surface area contributed by atoms with Crippen LogP contribution in [0, 0.1) is 13.8 Å². The Morgan fingerprint density at radius 1 is 1.00 bits per heavy atom. The molecule has 3 aromatic rings. The second-order valence-electron chi connectivity index (χ2n) is 7.85. The van der Waals surface area contributed by atoms with Crippen molar-refractivity contribution in [1.29, 1.82) is 0 Å². The van der Waals surface area contributed by atoms with Crippen molar-refractivity contribution < 1.29 is 19.1 Å². The number of imide groups is 2. The van der Waals surface area contributed by atoms with Crippen LogP contribution in [0.25, 0.3) is 6.08 Å². The zero-order valence-corrected chi connectivity index (χ0v) is 20.7. The Morgan fingerprint density at radius 3 is 2.44 bits per heavy atom. The number of amides is 4. The van der Waals surface area contributed by atoms with Crippen molar-refractivity contribution in [2.45, 2.75) is 20.5 Å². The van der Waals surface area contributed by atoms with Crippen molar-refractivity contribution in [3.8, 4) is 5.75 Å². The third-order valence-corrected chi connectivity index (χ3v) is 6.02. The Labute approximate surface area is 210 Å². The first-order chi connectivity index (χ1) is 16.2. The zero-order valence-electron chi connectivity index (χ0n) is 18.4. The molecule has 3 aromatic carbocycles. The minimum absolute atomic E-state index is 0.204. The Morgan fingerprint density at radius 2 is 1.74 bits per heavy atom. The van der Waals surface area contributed by atoms with Gasteiger partial charge in [-0.05, 0) is 67.4 Å². The lowest BCUT2D eigenvalue weighted by Crippen LogP contribution is -2.54. The lowest BCUT2D eigenvalue weighted by molar-refractivity contribution is -0.122. The van der Waals surface area contributed by atoms with E-state index in [1.165, 1.54) is 6.08 Å². The number of nitrogens with zero attached hydrogens (tertiary/aromatic N) is 1. The molecule has 1 saturated heterocycles. The van der Waals surface area contributed by atoms with Gasteiger partial charge in [-0.2, -0.15) is 0 Å². The molecule has 1 heterocycles. The summed E-state index contributed by atoms with van der Waals surface area (Å²) in [6.07, 6.45) is 1.39. The summed E-state index contributed by atoms with van der Waals surface area (Å²) >= 11 is 9.56. The molecule has 1 aliphatic heterocycles. The smallest absolute Gasteiger partial charge is 0.335 e. The molecule has 172 valence electrons. The number of carbonyl (C=O) groups excluding carboxylic acids is 3. The minimum atomic E-state index is -0.806. The van der Waals surface area contributed by atoms with Gasteiger partial charge < -0.3 is 4.74 Å². The van der Waals surface area contributed by atoms with Crippen LogP contribution in [0.1, 0.15) is 22.3 Å². The number of halogens is 2. The van der Waals surface area contributed by atoms with Crippen LogP contribution in [-0.2, 0) is 16.2 Å². The number of aryl methyl sites for hydroxylation is 2. The summed E-state index contributed by atoms with van der Waals surface area (Å²) in [4.78, 5) is 39.4. The second kappa shape index (κ2) is 9.83.